The summed E-state index contributed by atoms with van der Waals surface area (Å²) in [7, 11) is 0. The van der Waals surface area contributed by atoms with Crippen LogP contribution in [0.2, 0.25) is 0 Å². The van der Waals surface area contributed by atoms with Crippen LogP contribution >= 0.6 is 0 Å². The summed E-state index contributed by atoms with van der Waals surface area (Å²) in [5.74, 6) is -5.60. The normalized spacial score (nSPS) is 9.46. The molecule has 1 radical (unpaired) electrons. The van der Waals surface area contributed by atoms with Gasteiger partial charge in [-0.1, -0.05) is 34.4 Å². The van der Waals surface area contributed by atoms with Crippen molar-refractivity contribution in [3.8, 4) is 0 Å². The Morgan fingerprint density at radius 1 is 1.04 bits per heavy atom. The number of rotatable bonds is 7. The summed E-state index contributed by atoms with van der Waals surface area (Å²) in [6.07, 6.45) is 2.12. The Morgan fingerprint density at radius 2 is 1.35 bits per heavy atom. The minimum Gasteiger partial charge on any atom is -0.550 e. The average Bonchev–Trinajstić information content (AvgIpc) is 2.44. The van der Waals surface area contributed by atoms with E-state index in [0.717, 1.165) is 12.2 Å². The third-order valence-corrected chi connectivity index (χ3v) is 2.23. The molecule has 8 nitrogen and oxygen atoms in total. The Morgan fingerprint density at radius 3 is 1.46 bits per heavy atom. The van der Waals surface area contributed by atoms with Crippen LogP contribution in [0.5, 0.6) is 0 Å². The summed E-state index contributed by atoms with van der Waals surface area (Å²) in [5, 5.41) is 35.6. The zero-order chi connectivity index (χ0) is 18.3. The van der Waals surface area contributed by atoms with Crippen LogP contribution in [0.1, 0.15) is 34.1 Å². The van der Waals surface area contributed by atoms with E-state index >= 15 is 0 Å². The van der Waals surface area contributed by atoms with Gasteiger partial charge in [-0.2, -0.15) is 0 Å². The molecule has 0 fully saturated rings. The first kappa shape index (κ1) is 45.3. The second-order valence-corrected chi connectivity index (χ2v) is 3.96. The van der Waals surface area contributed by atoms with E-state index in [2.05, 4.69) is 13.2 Å². The van der Waals surface area contributed by atoms with Crippen LogP contribution in [0.25, 0.3) is 0 Å². The zero-order valence-corrected chi connectivity index (χ0v) is 21.9. The van der Waals surface area contributed by atoms with Gasteiger partial charge in [0.15, 0.2) is 0 Å². The Kier molecular flexibility index (Phi) is 52.6. The molecule has 0 saturated heterocycles. The number of hydrogen-bond donors (Lipinski definition) is 2. The molecule has 2 N–H and O–H groups in total. The van der Waals surface area contributed by atoms with Gasteiger partial charge in [0.1, 0.15) is 0 Å². The molecule has 11 heteroatoms. The van der Waals surface area contributed by atoms with Crippen LogP contribution in [0.3, 0.4) is 0 Å². The van der Waals surface area contributed by atoms with Crippen LogP contribution < -0.4 is 69.3 Å². The van der Waals surface area contributed by atoms with E-state index in [-0.39, 0.29) is 106 Å². The van der Waals surface area contributed by atoms with Gasteiger partial charge < -0.3 is 30.0 Å². The Balaban J connectivity index is -0.0000000443. The van der Waals surface area contributed by atoms with Crippen molar-refractivity contribution in [1.29, 1.82) is 0 Å². The first-order valence-electron chi connectivity index (χ1n) is 6.15. The maximum Gasteiger partial charge on any atom is 1.00 e. The van der Waals surface area contributed by atoms with E-state index in [0.29, 0.717) is 6.42 Å². The molecule has 0 bridgehead atoms. The largest absolute Gasteiger partial charge is 1.00 e. The molecule has 2 unspecified atom stereocenters. The van der Waals surface area contributed by atoms with Crippen molar-refractivity contribution in [2.75, 3.05) is 0 Å². The van der Waals surface area contributed by atoms with Crippen molar-refractivity contribution in [2.45, 2.75) is 34.1 Å². The van der Waals surface area contributed by atoms with Gasteiger partial charge >= 0.3 is 71.1 Å². The van der Waals surface area contributed by atoms with Crippen LogP contribution in [0.15, 0.2) is 25.3 Å². The average molecular weight is 467 g/mol. The molecule has 0 aromatic rings. The predicted molar refractivity (Wildman–Crippen MR) is 80.0 cm³/mol. The predicted octanol–water partition coefficient (Wildman–Crippen LogP) is -6.31. The van der Waals surface area contributed by atoms with E-state index in [4.69, 9.17) is 20.1 Å². The molecule has 0 aromatic carbocycles. The molecule has 2 atom stereocenters. The van der Waals surface area contributed by atoms with Gasteiger partial charge in [-0.15, -0.1) is 0 Å². The van der Waals surface area contributed by atoms with Gasteiger partial charge in [-0.25, -0.2) is 4.79 Å². The molecule has 0 rings (SSSR count). The van der Waals surface area contributed by atoms with Crippen molar-refractivity contribution < 1.29 is 131 Å². The number of aliphatic carboxylic acids is 4. The maximum absolute atomic E-state index is 10.4. The van der Waals surface area contributed by atoms with Gasteiger partial charge in [-0.05, 0) is 24.8 Å². The molecule has 26 heavy (non-hydrogen) atoms. The van der Waals surface area contributed by atoms with Gasteiger partial charge in [0.25, 0.3) is 0 Å². The zero-order valence-electron chi connectivity index (χ0n) is 15.1. The van der Waals surface area contributed by atoms with Crippen molar-refractivity contribution >= 4 is 23.9 Å². The maximum atomic E-state index is 10.4. The summed E-state index contributed by atoms with van der Waals surface area (Å²) in [5.41, 5.74) is 0. The van der Waals surface area contributed by atoms with Gasteiger partial charge in [-0.3, -0.25) is 4.79 Å². The summed E-state index contributed by atoms with van der Waals surface area (Å²) >= 11 is 0. The van der Waals surface area contributed by atoms with E-state index in [1.807, 2.05) is 0 Å². The van der Waals surface area contributed by atoms with Gasteiger partial charge in [0.05, 0.1) is 11.9 Å². The monoisotopic (exact) mass is 467 g/mol. The Bertz CT molecular complexity index is 398. The van der Waals surface area contributed by atoms with E-state index in [1.54, 1.807) is 6.92 Å². The van der Waals surface area contributed by atoms with Crippen LogP contribution in [0, 0.1) is 11.8 Å². The summed E-state index contributed by atoms with van der Waals surface area (Å²) < 4.78 is 0. The molecule has 0 amide bonds. The van der Waals surface area contributed by atoms with E-state index < -0.39 is 35.7 Å². The second kappa shape index (κ2) is 30.2. The SMILES string of the molecule is C.C=CC(=O)O.C=CC(=O)[O-].CCC(CC(C)C(=O)O)C(=O)[O-].[Na+].[Na+].[Y]. The smallest absolute Gasteiger partial charge is 0.550 e. The molecule has 0 saturated carbocycles. The van der Waals surface area contributed by atoms with Crippen molar-refractivity contribution in [3.05, 3.63) is 25.3 Å². The first-order valence-corrected chi connectivity index (χ1v) is 6.15. The van der Waals surface area contributed by atoms with Gasteiger partial charge in [0.2, 0.25) is 0 Å². The van der Waals surface area contributed by atoms with Crippen molar-refractivity contribution in [2.24, 2.45) is 11.8 Å². The third-order valence-electron chi connectivity index (χ3n) is 2.23. The molecule has 0 aliphatic carbocycles. The third kappa shape index (κ3) is 39.5. The fraction of sp³-hybridized carbons (Fsp3) is 0.467. The summed E-state index contributed by atoms with van der Waals surface area (Å²) in [6, 6.07) is 0. The number of carboxylic acid groups (broad SMARTS) is 4. The minimum atomic E-state index is -1.23. The van der Waals surface area contributed by atoms with Gasteiger partial charge in [0, 0.05) is 44.8 Å². The number of carbonyl (C=O) groups excluding carboxylic acids is 2. The molecule has 0 aliphatic rings. The standard InChI is InChI=1S/C8H14O4.2C3H4O2.CH4.2Na.Y/c1-3-6(8(11)12)4-5(2)7(9)10;2*1-2-3(4)5;;;;/h5-6H,3-4H2,1-2H3,(H,9,10)(H,11,12);2*2H,1H2,(H,4,5);1H4;;;/q;;;;2*+1;/p-2. The Labute approximate surface area is 224 Å². The molecule has 0 aliphatic heterocycles. The summed E-state index contributed by atoms with van der Waals surface area (Å²) in [6.45, 7) is 9.06. The number of hydrogen-bond acceptors (Lipinski definition) is 6. The van der Waals surface area contributed by atoms with Crippen molar-refractivity contribution in [1.82, 2.24) is 0 Å². The molecule has 137 valence electrons. The second-order valence-electron chi connectivity index (χ2n) is 3.96. The molecule has 0 aromatic heterocycles. The van der Waals surface area contributed by atoms with Crippen LogP contribution in [-0.4, -0.2) is 34.1 Å². The molecular weight excluding hydrogens is 443 g/mol. The molecule has 0 heterocycles. The van der Waals surface area contributed by atoms with Crippen LogP contribution in [0.4, 0.5) is 0 Å². The molecule has 0 spiro atoms. The van der Waals surface area contributed by atoms with E-state index in [9.17, 15) is 19.5 Å². The Hall–Kier alpha value is 0.464. The number of carbonyl (C=O) groups is 4. The minimum absolute atomic E-state index is 0. The number of carboxylic acids is 4. The van der Waals surface area contributed by atoms with Crippen molar-refractivity contribution in [3.63, 3.8) is 0 Å². The van der Waals surface area contributed by atoms with E-state index in [1.165, 1.54) is 6.92 Å². The first-order chi connectivity index (χ1) is 10.0. The fourth-order valence-corrected chi connectivity index (χ4v) is 0.957. The fourth-order valence-electron chi connectivity index (χ4n) is 0.957. The quantitative estimate of drug-likeness (QED) is 0.277. The van der Waals surface area contributed by atoms with Crippen LogP contribution in [-0.2, 0) is 51.9 Å². The topological polar surface area (TPSA) is 155 Å². The molecular formula is C15H24Na2O8Y. The summed E-state index contributed by atoms with van der Waals surface area (Å²) in [4.78, 5) is 39.1.